The van der Waals surface area contributed by atoms with Crippen molar-refractivity contribution in [3.05, 3.63) is 18.1 Å². The van der Waals surface area contributed by atoms with E-state index in [1.807, 2.05) is 0 Å². The van der Waals surface area contributed by atoms with E-state index in [0.29, 0.717) is 19.0 Å². The highest BCUT2D eigenvalue weighted by Gasteiger charge is 2.38. The zero-order valence-electron chi connectivity index (χ0n) is 9.61. The number of nitrogens with zero attached hydrogens (tertiary/aromatic N) is 3. The third-order valence-electron chi connectivity index (χ3n) is 2.68. The molecule has 0 spiro atoms. The quantitative estimate of drug-likeness (QED) is 0.768. The molecule has 0 saturated carbocycles. The fourth-order valence-corrected chi connectivity index (χ4v) is 1.89. The van der Waals surface area contributed by atoms with E-state index in [1.54, 1.807) is 26.4 Å². The Morgan fingerprint density at radius 2 is 2.19 bits per heavy atom. The van der Waals surface area contributed by atoms with E-state index in [0.717, 1.165) is 18.7 Å². The number of rotatable bonds is 4. The summed E-state index contributed by atoms with van der Waals surface area (Å²) < 4.78 is 18.1. The number of alkyl halides is 1. The highest BCUT2D eigenvalue weighted by atomic mass is 19.1. The number of aromatic nitrogens is 2. The number of methoxy groups -OCH3 is 1. The summed E-state index contributed by atoms with van der Waals surface area (Å²) in [5, 5.41) is 0. The molecule has 0 radical (unpaired) electrons. The van der Waals surface area contributed by atoms with Crippen molar-refractivity contribution in [1.82, 2.24) is 14.9 Å². The molecule has 0 unspecified atom stereocenters. The van der Waals surface area contributed by atoms with Gasteiger partial charge in [-0.1, -0.05) is 0 Å². The molecule has 0 aliphatic carbocycles. The topological polar surface area (TPSA) is 38.2 Å². The Labute approximate surface area is 94.5 Å². The van der Waals surface area contributed by atoms with Gasteiger partial charge in [0.15, 0.2) is 0 Å². The van der Waals surface area contributed by atoms with E-state index < -0.39 is 5.67 Å². The number of halogens is 1. The molecule has 1 fully saturated rings. The molecule has 0 N–H and O–H groups in total. The Bertz CT molecular complexity index is 345. The van der Waals surface area contributed by atoms with Gasteiger partial charge in [-0.05, 0) is 6.92 Å². The van der Waals surface area contributed by atoms with E-state index in [1.165, 1.54) is 0 Å². The highest BCUT2D eigenvalue weighted by molar-refractivity contribution is 5.07. The first-order chi connectivity index (χ1) is 7.59. The minimum absolute atomic E-state index is 0.518. The molecule has 5 heteroatoms. The first kappa shape index (κ1) is 11.3. The van der Waals surface area contributed by atoms with Crippen LogP contribution >= 0.6 is 0 Å². The van der Waals surface area contributed by atoms with Crippen LogP contribution in [0.1, 0.15) is 12.6 Å². The van der Waals surface area contributed by atoms with Crippen molar-refractivity contribution in [2.75, 3.05) is 26.7 Å². The third kappa shape index (κ3) is 2.66. The molecular formula is C11H16FN3O. The molecule has 1 aliphatic rings. The zero-order chi connectivity index (χ0) is 11.6. The number of likely N-dealkylation sites (tertiary alicyclic amines) is 1. The summed E-state index contributed by atoms with van der Waals surface area (Å²) in [7, 11) is 1.56. The minimum atomic E-state index is -0.994. The van der Waals surface area contributed by atoms with Gasteiger partial charge in [0.1, 0.15) is 5.67 Å². The SMILES string of the molecule is COc1cnc(CCN2CC(C)(F)C2)cn1. The summed E-state index contributed by atoms with van der Waals surface area (Å²) in [6.07, 6.45) is 4.10. The fourth-order valence-electron chi connectivity index (χ4n) is 1.89. The van der Waals surface area contributed by atoms with Crippen LogP contribution in [-0.4, -0.2) is 47.3 Å². The molecule has 0 amide bonds. The zero-order valence-corrected chi connectivity index (χ0v) is 9.61. The summed E-state index contributed by atoms with van der Waals surface area (Å²) in [5.74, 6) is 0.518. The van der Waals surface area contributed by atoms with Crippen LogP contribution in [0.3, 0.4) is 0 Å². The Hall–Kier alpha value is -1.23. The largest absolute Gasteiger partial charge is 0.480 e. The van der Waals surface area contributed by atoms with Gasteiger partial charge in [0.05, 0.1) is 25.2 Å². The smallest absolute Gasteiger partial charge is 0.231 e. The van der Waals surface area contributed by atoms with Crippen molar-refractivity contribution in [3.63, 3.8) is 0 Å². The monoisotopic (exact) mass is 225 g/mol. The Morgan fingerprint density at radius 3 is 2.69 bits per heavy atom. The molecular weight excluding hydrogens is 209 g/mol. The van der Waals surface area contributed by atoms with Crippen LogP contribution in [0.2, 0.25) is 0 Å². The van der Waals surface area contributed by atoms with Gasteiger partial charge < -0.3 is 4.74 Å². The van der Waals surface area contributed by atoms with Gasteiger partial charge in [0.25, 0.3) is 0 Å². The highest BCUT2D eigenvalue weighted by Crippen LogP contribution is 2.24. The first-order valence-corrected chi connectivity index (χ1v) is 5.35. The summed E-state index contributed by atoms with van der Waals surface area (Å²) in [6.45, 7) is 3.52. The molecule has 88 valence electrons. The molecule has 0 atom stereocenters. The van der Waals surface area contributed by atoms with Crippen LogP contribution in [0.4, 0.5) is 4.39 Å². The van der Waals surface area contributed by atoms with Gasteiger partial charge in [-0.3, -0.25) is 9.88 Å². The van der Waals surface area contributed by atoms with Crippen molar-refractivity contribution >= 4 is 0 Å². The van der Waals surface area contributed by atoms with Gasteiger partial charge in [-0.15, -0.1) is 0 Å². The third-order valence-corrected chi connectivity index (χ3v) is 2.68. The lowest BCUT2D eigenvalue weighted by Gasteiger charge is -2.42. The Kier molecular flexibility index (Phi) is 3.05. The van der Waals surface area contributed by atoms with Crippen LogP contribution in [-0.2, 0) is 6.42 Å². The van der Waals surface area contributed by atoms with Crippen LogP contribution in [0.25, 0.3) is 0 Å². The van der Waals surface area contributed by atoms with Gasteiger partial charge in [-0.25, -0.2) is 9.37 Å². The van der Waals surface area contributed by atoms with Crippen molar-refractivity contribution in [2.45, 2.75) is 19.0 Å². The minimum Gasteiger partial charge on any atom is -0.480 e. The maximum Gasteiger partial charge on any atom is 0.231 e. The van der Waals surface area contributed by atoms with Gasteiger partial charge in [-0.2, -0.15) is 0 Å². The lowest BCUT2D eigenvalue weighted by atomic mass is 9.99. The number of hydrogen-bond donors (Lipinski definition) is 0. The fraction of sp³-hybridized carbons (Fsp3) is 0.636. The number of ether oxygens (including phenoxy) is 1. The molecule has 16 heavy (non-hydrogen) atoms. The summed E-state index contributed by atoms with van der Waals surface area (Å²) in [4.78, 5) is 10.4. The lowest BCUT2D eigenvalue weighted by molar-refractivity contribution is -0.0164. The average molecular weight is 225 g/mol. The van der Waals surface area contributed by atoms with Crippen LogP contribution in [0, 0.1) is 0 Å². The Balaban J connectivity index is 1.77. The van der Waals surface area contributed by atoms with Gasteiger partial charge in [0, 0.05) is 26.1 Å². The molecule has 1 aromatic heterocycles. The van der Waals surface area contributed by atoms with E-state index in [2.05, 4.69) is 14.9 Å². The average Bonchev–Trinajstić information content (AvgIpc) is 2.24. The normalized spacial score (nSPS) is 19.2. The molecule has 1 aliphatic heterocycles. The maximum absolute atomic E-state index is 13.2. The summed E-state index contributed by atoms with van der Waals surface area (Å²) >= 11 is 0. The van der Waals surface area contributed by atoms with Crippen LogP contribution < -0.4 is 4.74 Å². The summed E-state index contributed by atoms with van der Waals surface area (Å²) in [5.41, 5.74) is -0.0840. The van der Waals surface area contributed by atoms with Crippen LogP contribution in [0.5, 0.6) is 5.88 Å². The van der Waals surface area contributed by atoms with E-state index in [4.69, 9.17) is 4.74 Å². The first-order valence-electron chi connectivity index (χ1n) is 5.35. The Morgan fingerprint density at radius 1 is 1.44 bits per heavy atom. The van der Waals surface area contributed by atoms with Crippen molar-refractivity contribution in [2.24, 2.45) is 0 Å². The predicted molar refractivity (Wildman–Crippen MR) is 58.2 cm³/mol. The molecule has 0 aromatic carbocycles. The molecule has 0 bridgehead atoms. The summed E-state index contributed by atoms with van der Waals surface area (Å²) in [6, 6.07) is 0. The lowest BCUT2D eigenvalue weighted by Crippen LogP contribution is -2.57. The molecule has 4 nitrogen and oxygen atoms in total. The second-order valence-corrected chi connectivity index (χ2v) is 4.42. The second-order valence-electron chi connectivity index (χ2n) is 4.42. The van der Waals surface area contributed by atoms with Gasteiger partial charge >= 0.3 is 0 Å². The molecule has 1 saturated heterocycles. The second kappa shape index (κ2) is 4.33. The maximum atomic E-state index is 13.2. The van der Waals surface area contributed by atoms with E-state index in [-0.39, 0.29) is 0 Å². The molecule has 1 aromatic rings. The standard InChI is InChI=1S/C11H16FN3O/c1-11(12)7-15(8-11)4-3-9-5-14-10(16-2)6-13-9/h5-6H,3-4,7-8H2,1-2H3. The van der Waals surface area contributed by atoms with Crippen molar-refractivity contribution < 1.29 is 9.13 Å². The number of hydrogen-bond acceptors (Lipinski definition) is 4. The predicted octanol–water partition coefficient (Wildman–Crippen LogP) is 1.07. The van der Waals surface area contributed by atoms with Crippen molar-refractivity contribution in [1.29, 1.82) is 0 Å². The van der Waals surface area contributed by atoms with E-state index in [9.17, 15) is 4.39 Å². The van der Waals surface area contributed by atoms with E-state index >= 15 is 0 Å². The molecule has 2 rings (SSSR count). The van der Waals surface area contributed by atoms with Crippen molar-refractivity contribution in [3.8, 4) is 5.88 Å². The molecule has 2 heterocycles. The van der Waals surface area contributed by atoms with Crippen LogP contribution in [0.15, 0.2) is 12.4 Å². The van der Waals surface area contributed by atoms with Gasteiger partial charge in [0.2, 0.25) is 5.88 Å².